The molecule has 1 saturated heterocycles. The molecule has 1 aliphatic rings. The van der Waals surface area contributed by atoms with Gasteiger partial charge in [-0.1, -0.05) is 56.3 Å². The van der Waals surface area contributed by atoms with Gasteiger partial charge < -0.3 is 10.1 Å². The summed E-state index contributed by atoms with van der Waals surface area (Å²) in [4.78, 5) is 0. The van der Waals surface area contributed by atoms with Gasteiger partial charge in [-0.3, -0.25) is 0 Å². The molecule has 140 valence electrons. The molecule has 3 rings (SSSR count). The second-order valence-electron chi connectivity index (χ2n) is 7.96. The van der Waals surface area contributed by atoms with Crippen molar-refractivity contribution >= 4 is 11.8 Å². The highest BCUT2D eigenvalue weighted by Gasteiger charge is 2.41. The predicted octanol–water partition coefficient (Wildman–Crippen LogP) is 5.42. The highest BCUT2D eigenvalue weighted by atomic mass is 32.2. The third-order valence-electron chi connectivity index (χ3n) is 5.49. The van der Waals surface area contributed by atoms with Gasteiger partial charge in [-0.2, -0.15) is 11.8 Å². The zero-order valence-corrected chi connectivity index (χ0v) is 17.1. The standard InChI is InChI=1S/C23H31NOS/c1-22(2)18-23(14-16-26-22,20-7-5-4-6-8-20)13-15-24-17-19-9-11-21(25-3)12-10-19/h4-12,24H,13-18H2,1-3H3/t23-/m1/s1. The van der Waals surface area contributed by atoms with E-state index in [1.54, 1.807) is 7.11 Å². The van der Waals surface area contributed by atoms with E-state index in [1.807, 2.05) is 12.1 Å². The van der Waals surface area contributed by atoms with Gasteiger partial charge in [0.2, 0.25) is 0 Å². The predicted molar refractivity (Wildman–Crippen MR) is 113 cm³/mol. The zero-order valence-electron chi connectivity index (χ0n) is 16.3. The first-order chi connectivity index (χ1) is 12.5. The maximum Gasteiger partial charge on any atom is 0.118 e. The normalized spacial score (nSPS) is 22.1. The van der Waals surface area contributed by atoms with Crippen molar-refractivity contribution in [3.63, 3.8) is 0 Å². The quantitative estimate of drug-likeness (QED) is 0.659. The first kappa shape index (κ1) is 19.3. The first-order valence-corrected chi connectivity index (χ1v) is 10.5. The lowest BCUT2D eigenvalue weighted by Gasteiger charge is -2.45. The zero-order chi connectivity index (χ0) is 18.5. The Morgan fingerprint density at radius 1 is 1.04 bits per heavy atom. The van der Waals surface area contributed by atoms with E-state index in [9.17, 15) is 0 Å². The van der Waals surface area contributed by atoms with Crippen molar-refractivity contribution < 1.29 is 4.74 Å². The fraction of sp³-hybridized carbons (Fsp3) is 0.478. The number of benzene rings is 2. The molecular weight excluding hydrogens is 338 g/mol. The molecule has 0 amide bonds. The first-order valence-electron chi connectivity index (χ1n) is 9.56. The van der Waals surface area contributed by atoms with E-state index in [-0.39, 0.29) is 0 Å². The number of hydrogen-bond donors (Lipinski definition) is 1. The lowest BCUT2D eigenvalue weighted by Crippen LogP contribution is -2.41. The molecule has 0 bridgehead atoms. The number of rotatable bonds is 7. The Kier molecular flexibility index (Phi) is 6.31. The van der Waals surface area contributed by atoms with Crippen LogP contribution in [0.3, 0.4) is 0 Å². The summed E-state index contributed by atoms with van der Waals surface area (Å²) in [7, 11) is 1.71. The minimum absolute atomic E-state index is 0.295. The third-order valence-corrected chi connectivity index (χ3v) is 6.83. The highest BCUT2D eigenvalue weighted by molar-refractivity contribution is 8.00. The topological polar surface area (TPSA) is 21.3 Å². The van der Waals surface area contributed by atoms with Crippen LogP contribution in [0, 0.1) is 0 Å². The van der Waals surface area contributed by atoms with Gasteiger partial charge in [0.05, 0.1) is 7.11 Å². The molecule has 2 nitrogen and oxygen atoms in total. The molecule has 0 radical (unpaired) electrons. The molecule has 1 heterocycles. The lowest BCUT2D eigenvalue weighted by molar-refractivity contribution is 0.306. The Morgan fingerprint density at radius 2 is 1.77 bits per heavy atom. The van der Waals surface area contributed by atoms with Gasteiger partial charge in [-0.05, 0) is 60.2 Å². The molecule has 1 aliphatic heterocycles. The number of hydrogen-bond acceptors (Lipinski definition) is 3. The molecule has 0 unspecified atom stereocenters. The Balaban J connectivity index is 1.63. The van der Waals surface area contributed by atoms with Gasteiger partial charge in [0.1, 0.15) is 5.75 Å². The maximum atomic E-state index is 5.23. The van der Waals surface area contributed by atoms with Crippen LogP contribution < -0.4 is 10.1 Å². The average molecular weight is 370 g/mol. The Hall–Kier alpha value is -1.45. The molecule has 2 aromatic carbocycles. The molecule has 0 aromatic heterocycles. The van der Waals surface area contributed by atoms with Crippen molar-refractivity contribution in [1.29, 1.82) is 0 Å². The molecule has 0 saturated carbocycles. The Bertz CT molecular complexity index is 683. The number of ether oxygens (including phenoxy) is 1. The summed E-state index contributed by atoms with van der Waals surface area (Å²) in [5.41, 5.74) is 3.11. The summed E-state index contributed by atoms with van der Waals surface area (Å²) in [6, 6.07) is 19.5. The van der Waals surface area contributed by atoms with Crippen LogP contribution in [0.2, 0.25) is 0 Å². The van der Waals surface area contributed by atoms with E-state index in [1.165, 1.54) is 36.1 Å². The molecule has 26 heavy (non-hydrogen) atoms. The summed E-state index contributed by atoms with van der Waals surface area (Å²) in [6.07, 6.45) is 3.71. The van der Waals surface area contributed by atoms with E-state index in [4.69, 9.17) is 4.74 Å². The summed E-state index contributed by atoms with van der Waals surface area (Å²) in [5.74, 6) is 2.17. The summed E-state index contributed by atoms with van der Waals surface area (Å²) in [5, 5.41) is 3.66. The molecule has 1 atom stereocenters. The van der Waals surface area contributed by atoms with Gasteiger partial charge >= 0.3 is 0 Å². The van der Waals surface area contributed by atoms with Crippen molar-refractivity contribution in [2.45, 2.75) is 49.8 Å². The Morgan fingerprint density at radius 3 is 2.42 bits per heavy atom. The minimum atomic E-state index is 0.295. The van der Waals surface area contributed by atoms with Gasteiger partial charge in [-0.25, -0.2) is 0 Å². The van der Waals surface area contributed by atoms with Gasteiger partial charge in [-0.15, -0.1) is 0 Å². The van der Waals surface area contributed by atoms with Crippen LogP contribution >= 0.6 is 11.8 Å². The van der Waals surface area contributed by atoms with Crippen LogP contribution in [0.25, 0.3) is 0 Å². The van der Waals surface area contributed by atoms with Crippen LogP contribution in [-0.2, 0) is 12.0 Å². The summed E-state index contributed by atoms with van der Waals surface area (Å²) < 4.78 is 5.58. The van der Waals surface area contributed by atoms with Crippen LogP contribution in [-0.4, -0.2) is 24.2 Å². The van der Waals surface area contributed by atoms with Crippen LogP contribution in [0.1, 0.15) is 44.2 Å². The maximum absolute atomic E-state index is 5.23. The van der Waals surface area contributed by atoms with Gasteiger partial charge in [0, 0.05) is 11.3 Å². The van der Waals surface area contributed by atoms with E-state index < -0.39 is 0 Å². The van der Waals surface area contributed by atoms with Crippen molar-refractivity contribution in [1.82, 2.24) is 5.32 Å². The summed E-state index contributed by atoms with van der Waals surface area (Å²) in [6.45, 7) is 6.76. The molecule has 1 N–H and O–H groups in total. The number of nitrogens with one attached hydrogen (secondary N) is 1. The van der Waals surface area contributed by atoms with Crippen molar-refractivity contribution in [3.05, 3.63) is 65.7 Å². The number of thioether (sulfide) groups is 1. The van der Waals surface area contributed by atoms with E-state index in [0.29, 0.717) is 10.2 Å². The number of methoxy groups -OCH3 is 1. The molecule has 1 fully saturated rings. The van der Waals surface area contributed by atoms with Gasteiger partial charge in [0.15, 0.2) is 0 Å². The second kappa shape index (κ2) is 8.49. The fourth-order valence-corrected chi connectivity index (χ4v) is 5.60. The molecule has 3 heteroatoms. The molecular formula is C23H31NOS. The highest BCUT2D eigenvalue weighted by Crippen LogP contribution is 2.49. The van der Waals surface area contributed by atoms with E-state index in [0.717, 1.165) is 18.8 Å². The lowest BCUT2D eigenvalue weighted by atomic mass is 9.69. The monoisotopic (exact) mass is 369 g/mol. The van der Waals surface area contributed by atoms with Crippen LogP contribution in [0.4, 0.5) is 0 Å². The van der Waals surface area contributed by atoms with Crippen molar-refractivity contribution in [2.75, 3.05) is 19.4 Å². The largest absolute Gasteiger partial charge is 0.497 e. The van der Waals surface area contributed by atoms with Crippen LogP contribution in [0.15, 0.2) is 54.6 Å². The SMILES string of the molecule is COc1ccc(CNCC[C@@]2(c3ccccc3)CCSC(C)(C)C2)cc1. The molecule has 0 aliphatic carbocycles. The van der Waals surface area contributed by atoms with Crippen LogP contribution in [0.5, 0.6) is 5.75 Å². The minimum Gasteiger partial charge on any atom is -0.497 e. The third kappa shape index (κ3) is 4.83. The van der Waals surface area contributed by atoms with E-state index >= 15 is 0 Å². The second-order valence-corrected chi connectivity index (χ2v) is 9.76. The van der Waals surface area contributed by atoms with Crippen molar-refractivity contribution in [3.8, 4) is 5.75 Å². The molecule has 2 aromatic rings. The smallest absolute Gasteiger partial charge is 0.118 e. The Labute approximate surface area is 162 Å². The van der Waals surface area contributed by atoms with Gasteiger partial charge in [0.25, 0.3) is 0 Å². The average Bonchev–Trinajstić information content (AvgIpc) is 2.66. The van der Waals surface area contributed by atoms with Crippen molar-refractivity contribution in [2.24, 2.45) is 0 Å². The van der Waals surface area contributed by atoms with E-state index in [2.05, 4.69) is 73.4 Å². The summed E-state index contributed by atoms with van der Waals surface area (Å²) >= 11 is 2.12. The molecule has 0 spiro atoms. The fourth-order valence-electron chi connectivity index (χ4n) is 4.18.